The molecule has 1 atom stereocenters. The monoisotopic (exact) mass is 372 g/mol. The Morgan fingerprint density at radius 2 is 1.81 bits per heavy atom. The summed E-state index contributed by atoms with van der Waals surface area (Å²) in [5, 5.41) is 0.607. The number of carbonyl (C=O) groups excluding carboxylic acids is 2. The number of amides is 2. The summed E-state index contributed by atoms with van der Waals surface area (Å²) in [4.78, 5) is 28.3. The van der Waals surface area contributed by atoms with Crippen LogP contribution in [0.25, 0.3) is 0 Å². The second kappa shape index (κ2) is 7.79. The molecule has 5 nitrogen and oxygen atoms in total. The average Bonchev–Trinajstić information content (AvgIpc) is 2.63. The highest BCUT2D eigenvalue weighted by molar-refractivity contribution is 6.30. The lowest BCUT2D eigenvalue weighted by Crippen LogP contribution is -2.58. The first-order valence-corrected chi connectivity index (χ1v) is 8.86. The molecule has 2 amide bonds. The molecule has 0 N–H and O–H groups in total. The topological polar surface area (TPSA) is 49.9 Å². The highest BCUT2D eigenvalue weighted by Crippen LogP contribution is 2.21. The van der Waals surface area contributed by atoms with E-state index in [2.05, 4.69) is 0 Å². The quantitative estimate of drug-likeness (QED) is 0.827. The van der Waals surface area contributed by atoms with E-state index in [-0.39, 0.29) is 31.0 Å². The van der Waals surface area contributed by atoms with Gasteiger partial charge >= 0.3 is 0 Å². The number of hydrogen-bond acceptors (Lipinski definition) is 3. The second-order valence-corrected chi connectivity index (χ2v) is 6.89. The van der Waals surface area contributed by atoms with Crippen molar-refractivity contribution in [3.05, 3.63) is 59.1 Å². The maximum absolute atomic E-state index is 12.5. The summed E-state index contributed by atoms with van der Waals surface area (Å²) >= 11 is 5.83. The highest BCUT2D eigenvalue weighted by Gasteiger charge is 2.33. The second-order valence-electron chi connectivity index (χ2n) is 6.45. The van der Waals surface area contributed by atoms with Gasteiger partial charge in [0.25, 0.3) is 5.91 Å². The molecule has 1 heterocycles. The van der Waals surface area contributed by atoms with Gasteiger partial charge in [0.1, 0.15) is 12.3 Å². The molecule has 0 radical (unpaired) electrons. The minimum atomic E-state index is -0.204. The number of hydrogen-bond donors (Lipinski definition) is 0. The first-order chi connectivity index (χ1) is 12.4. The standard InChI is InChI=1S/C20H21ClN2O3/c1-14-3-7-17(8-4-14)23-11-15(2)22(12-19(23)24)20(25)13-26-18-9-5-16(21)6-10-18/h3-10,15H,11-13H2,1-2H3/t15-/m1/s1. The fourth-order valence-corrected chi connectivity index (χ4v) is 3.04. The van der Waals surface area contributed by atoms with Gasteiger partial charge in [-0.05, 0) is 50.2 Å². The van der Waals surface area contributed by atoms with Gasteiger partial charge in [-0.1, -0.05) is 29.3 Å². The van der Waals surface area contributed by atoms with Crippen LogP contribution in [0.4, 0.5) is 5.69 Å². The third-order valence-corrected chi connectivity index (χ3v) is 4.68. The molecule has 6 heteroatoms. The Kier molecular flexibility index (Phi) is 5.47. The number of aryl methyl sites for hydroxylation is 1. The molecule has 3 rings (SSSR count). The zero-order chi connectivity index (χ0) is 18.7. The van der Waals surface area contributed by atoms with Gasteiger partial charge in [0.05, 0.1) is 0 Å². The number of carbonyl (C=O) groups is 2. The zero-order valence-corrected chi connectivity index (χ0v) is 15.6. The van der Waals surface area contributed by atoms with Crippen molar-refractivity contribution in [3.63, 3.8) is 0 Å². The minimum absolute atomic E-state index is 0.0534. The molecule has 2 aromatic rings. The van der Waals surface area contributed by atoms with E-state index in [9.17, 15) is 9.59 Å². The molecule has 0 aromatic heterocycles. The molecule has 1 aliphatic rings. The van der Waals surface area contributed by atoms with Gasteiger partial charge in [-0.2, -0.15) is 0 Å². The van der Waals surface area contributed by atoms with Gasteiger partial charge in [-0.3, -0.25) is 9.59 Å². The van der Waals surface area contributed by atoms with Crippen LogP contribution in [-0.2, 0) is 9.59 Å². The molecule has 0 bridgehead atoms. The van der Waals surface area contributed by atoms with E-state index in [1.54, 1.807) is 34.1 Å². The van der Waals surface area contributed by atoms with E-state index in [0.29, 0.717) is 17.3 Å². The molecular weight excluding hydrogens is 352 g/mol. The van der Waals surface area contributed by atoms with E-state index < -0.39 is 0 Å². The predicted molar refractivity (Wildman–Crippen MR) is 102 cm³/mol. The van der Waals surface area contributed by atoms with Gasteiger partial charge in [0.2, 0.25) is 5.91 Å². The minimum Gasteiger partial charge on any atom is -0.484 e. The lowest BCUT2D eigenvalue weighted by molar-refractivity contribution is -0.141. The summed E-state index contributed by atoms with van der Waals surface area (Å²) in [5.41, 5.74) is 2.00. The fourth-order valence-electron chi connectivity index (χ4n) is 2.92. The molecule has 0 aliphatic carbocycles. The van der Waals surface area contributed by atoms with Gasteiger partial charge in [0, 0.05) is 23.3 Å². The van der Waals surface area contributed by atoms with Crippen LogP contribution in [0.1, 0.15) is 12.5 Å². The van der Waals surface area contributed by atoms with E-state index >= 15 is 0 Å². The molecule has 0 unspecified atom stereocenters. The van der Waals surface area contributed by atoms with Crippen LogP contribution in [0.3, 0.4) is 0 Å². The van der Waals surface area contributed by atoms with Crippen molar-refractivity contribution in [1.82, 2.24) is 4.90 Å². The van der Waals surface area contributed by atoms with Crippen molar-refractivity contribution in [2.24, 2.45) is 0 Å². The number of halogens is 1. The zero-order valence-electron chi connectivity index (χ0n) is 14.8. The largest absolute Gasteiger partial charge is 0.484 e. The number of benzene rings is 2. The van der Waals surface area contributed by atoms with Crippen molar-refractivity contribution in [2.45, 2.75) is 19.9 Å². The third kappa shape index (κ3) is 4.17. The molecule has 136 valence electrons. The Bertz CT molecular complexity index is 790. The van der Waals surface area contributed by atoms with Crippen molar-refractivity contribution < 1.29 is 14.3 Å². The first kappa shape index (κ1) is 18.3. The van der Waals surface area contributed by atoms with E-state index in [4.69, 9.17) is 16.3 Å². The number of rotatable bonds is 4. The molecule has 26 heavy (non-hydrogen) atoms. The van der Waals surface area contributed by atoms with Crippen LogP contribution in [0.2, 0.25) is 5.02 Å². The Hall–Kier alpha value is -2.53. The maximum Gasteiger partial charge on any atom is 0.261 e. The summed E-state index contributed by atoms with van der Waals surface area (Å²) < 4.78 is 5.51. The lowest BCUT2D eigenvalue weighted by Gasteiger charge is -2.39. The molecule has 0 spiro atoms. The summed E-state index contributed by atoms with van der Waals surface area (Å²) in [7, 11) is 0. The Morgan fingerprint density at radius 3 is 2.46 bits per heavy atom. The van der Waals surface area contributed by atoms with E-state index in [1.807, 2.05) is 38.1 Å². The number of anilines is 1. The van der Waals surface area contributed by atoms with Gasteiger partial charge in [0.15, 0.2) is 6.61 Å². The Morgan fingerprint density at radius 1 is 1.15 bits per heavy atom. The van der Waals surface area contributed by atoms with E-state index in [0.717, 1.165) is 11.3 Å². The molecule has 0 saturated carbocycles. The van der Waals surface area contributed by atoms with Crippen molar-refractivity contribution in [1.29, 1.82) is 0 Å². The Labute approximate surface area is 158 Å². The summed E-state index contributed by atoms with van der Waals surface area (Å²) in [6.07, 6.45) is 0. The van der Waals surface area contributed by atoms with Crippen LogP contribution >= 0.6 is 11.6 Å². The maximum atomic E-state index is 12.5. The van der Waals surface area contributed by atoms with Crippen molar-refractivity contribution >= 4 is 29.1 Å². The summed E-state index contributed by atoms with van der Waals surface area (Å²) in [5.74, 6) is 0.274. The van der Waals surface area contributed by atoms with Crippen molar-refractivity contribution in [2.75, 3.05) is 24.6 Å². The molecule has 1 aliphatic heterocycles. The molecular formula is C20H21ClN2O3. The van der Waals surface area contributed by atoms with E-state index in [1.165, 1.54) is 0 Å². The lowest BCUT2D eigenvalue weighted by atomic mass is 10.1. The van der Waals surface area contributed by atoms with Gasteiger partial charge in [-0.25, -0.2) is 0 Å². The molecule has 1 fully saturated rings. The fraction of sp³-hybridized carbons (Fsp3) is 0.300. The third-order valence-electron chi connectivity index (χ3n) is 4.43. The normalized spacial score (nSPS) is 17.3. The number of nitrogens with zero attached hydrogens (tertiary/aromatic N) is 2. The Balaban J connectivity index is 1.61. The summed E-state index contributed by atoms with van der Waals surface area (Å²) in [6.45, 7) is 4.36. The number of piperazine rings is 1. The number of ether oxygens (including phenoxy) is 1. The van der Waals surface area contributed by atoms with Crippen molar-refractivity contribution in [3.8, 4) is 5.75 Å². The summed E-state index contributed by atoms with van der Waals surface area (Å²) in [6, 6.07) is 14.5. The van der Waals surface area contributed by atoms with Crippen LogP contribution in [-0.4, -0.2) is 42.5 Å². The highest BCUT2D eigenvalue weighted by atomic mass is 35.5. The van der Waals surface area contributed by atoms with Crippen LogP contribution in [0.5, 0.6) is 5.75 Å². The van der Waals surface area contributed by atoms with Crippen LogP contribution in [0, 0.1) is 6.92 Å². The first-order valence-electron chi connectivity index (χ1n) is 8.49. The molecule has 2 aromatic carbocycles. The smallest absolute Gasteiger partial charge is 0.261 e. The SMILES string of the molecule is Cc1ccc(N2C[C@@H](C)N(C(=O)COc3ccc(Cl)cc3)CC2=O)cc1. The van der Waals surface area contributed by atoms with Gasteiger partial charge < -0.3 is 14.5 Å². The van der Waals surface area contributed by atoms with Crippen LogP contribution in [0.15, 0.2) is 48.5 Å². The predicted octanol–water partition coefficient (Wildman–Crippen LogP) is 3.29. The average molecular weight is 373 g/mol. The van der Waals surface area contributed by atoms with Crippen LogP contribution < -0.4 is 9.64 Å². The van der Waals surface area contributed by atoms with Gasteiger partial charge in [-0.15, -0.1) is 0 Å². The molecule has 1 saturated heterocycles.